The number of hydrogen-bond donors (Lipinski definition) is 1. The standard InChI is InChI=1S/C5H11NO2S/c1-6(3-4-7)5(8)9-2/h7H,3-4H2,1-2H3. The van der Waals surface area contributed by atoms with Crippen LogP contribution in [0.25, 0.3) is 0 Å². The van der Waals surface area contributed by atoms with Crippen LogP contribution in [0.4, 0.5) is 4.79 Å². The Labute approximate surface area is 59.0 Å². The van der Waals surface area contributed by atoms with Crippen LogP contribution in [0.2, 0.25) is 0 Å². The molecule has 0 rings (SSSR count). The highest BCUT2D eigenvalue weighted by atomic mass is 32.2. The van der Waals surface area contributed by atoms with Crippen molar-refractivity contribution in [2.45, 2.75) is 0 Å². The van der Waals surface area contributed by atoms with E-state index in [2.05, 4.69) is 0 Å². The number of rotatable bonds is 2. The Bertz CT molecular complexity index is 97.0. The van der Waals surface area contributed by atoms with Crippen molar-refractivity contribution in [2.24, 2.45) is 0 Å². The van der Waals surface area contributed by atoms with Gasteiger partial charge in [0.25, 0.3) is 5.24 Å². The summed E-state index contributed by atoms with van der Waals surface area (Å²) in [5.74, 6) is 0. The van der Waals surface area contributed by atoms with Crippen LogP contribution in [-0.4, -0.2) is 41.7 Å². The molecule has 0 fully saturated rings. The van der Waals surface area contributed by atoms with Crippen LogP contribution in [0.3, 0.4) is 0 Å². The Morgan fingerprint density at radius 1 is 1.78 bits per heavy atom. The van der Waals surface area contributed by atoms with Crippen LogP contribution in [-0.2, 0) is 0 Å². The highest BCUT2D eigenvalue weighted by Crippen LogP contribution is 1.99. The van der Waals surface area contributed by atoms with Crippen molar-refractivity contribution in [2.75, 3.05) is 26.5 Å². The first-order valence-electron chi connectivity index (χ1n) is 2.62. The van der Waals surface area contributed by atoms with Crippen LogP contribution < -0.4 is 0 Å². The molecule has 0 aliphatic carbocycles. The first-order valence-corrected chi connectivity index (χ1v) is 3.84. The van der Waals surface area contributed by atoms with Crippen LogP contribution >= 0.6 is 11.8 Å². The quantitative estimate of drug-likeness (QED) is 0.617. The molecule has 9 heavy (non-hydrogen) atoms. The molecule has 3 nitrogen and oxygen atoms in total. The molecule has 0 aromatic heterocycles. The van der Waals surface area contributed by atoms with Crippen molar-refractivity contribution in [1.29, 1.82) is 0 Å². The predicted molar refractivity (Wildman–Crippen MR) is 38.6 cm³/mol. The van der Waals surface area contributed by atoms with E-state index in [0.29, 0.717) is 6.54 Å². The van der Waals surface area contributed by atoms with Crippen molar-refractivity contribution in [3.05, 3.63) is 0 Å². The molecule has 0 saturated carbocycles. The van der Waals surface area contributed by atoms with Gasteiger partial charge in [-0.25, -0.2) is 0 Å². The second-order valence-electron chi connectivity index (χ2n) is 1.62. The second-order valence-corrected chi connectivity index (χ2v) is 2.37. The summed E-state index contributed by atoms with van der Waals surface area (Å²) in [5.41, 5.74) is 0. The Balaban J connectivity index is 3.45. The lowest BCUT2D eigenvalue weighted by Gasteiger charge is -2.12. The van der Waals surface area contributed by atoms with Gasteiger partial charge in [-0.2, -0.15) is 0 Å². The largest absolute Gasteiger partial charge is 0.395 e. The van der Waals surface area contributed by atoms with E-state index in [1.807, 2.05) is 0 Å². The lowest BCUT2D eigenvalue weighted by atomic mass is 10.6. The van der Waals surface area contributed by atoms with Crippen molar-refractivity contribution < 1.29 is 9.90 Å². The van der Waals surface area contributed by atoms with Crippen LogP contribution in [0.1, 0.15) is 0 Å². The van der Waals surface area contributed by atoms with Crippen molar-refractivity contribution in [3.8, 4) is 0 Å². The number of thioether (sulfide) groups is 1. The molecule has 1 N–H and O–H groups in total. The smallest absolute Gasteiger partial charge is 0.281 e. The lowest BCUT2D eigenvalue weighted by Crippen LogP contribution is -2.25. The minimum absolute atomic E-state index is 0.0101. The molecular formula is C5H11NO2S. The topological polar surface area (TPSA) is 40.5 Å². The minimum atomic E-state index is -0.0101. The van der Waals surface area contributed by atoms with Gasteiger partial charge in [0.2, 0.25) is 0 Å². The van der Waals surface area contributed by atoms with Gasteiger partial charge in [-0.15, -0.1) is 0 Å². The summed E-state index contributed by atoms with van der Waals surface area (Å²) in [5, 5.41) is 8.37. The van der Waals surface area contributed by atoms with E-state index in [1.54, 1.807) is 13.3 Å². The maximum Gasteiger partial charge on any atom is 0.281 e. The van der Waals surface area contributed by atoms with E-state index in [-0.39, 0.29) is 11.8 Å². The minimum Gasteiger partial charge on any atom is -0.395 e. The van der Waals surface area contributed by atoms with E-state index in [0.717, 1.165) is 11.8 Å². The molecule has 0 bridgehead atoms. The maximum atomic E-state index is 10.7. The number of hydrogen-bond acceptors (Lipinski definition) is 3. The van der Waals surface area contributed by atoms with Gasteiger partial charge >= 0.3 is 0 Å². The van der Waals surface area contributed by atoms with Crippen molar-refractivity contribution >= 4 is 17.0 Å². The molecule has 1 amide bonds. The lowest BCUT2D eigenvalue weighted by molar-refractivity contribution is 0.211. The molecule has 0 aromatic rings. The molecule has 54 valence electrons. The second kappa shape index (κ2) is 4.64. The summed E-state index contributed by atoms with van der Waals surface area (Å²) in [6.07, 6.45) is 1.72. The SMILES string of the molecule is CSC(=O)N(C)CCO. The van der Waals surface area contributed by atoms with E-state index in [9.17, 15) is 4.79 Å². The van der Waals surface area contributed by atoms with Gasteiger partial charge in [0, 0.05) is 13.6 Å². The number of amides is 1. The highest BCUT2D eigenvalue weighted by Gasteiger charge is 2.03. The third kappa shape index (κ3) is 3.37. The molecule has 0 aliphatic rings. The molecule has 0 radical (unpaired) electrons. The third-order valence-electron chi connectivity index (χ3n) is 0.922. The molecule has 0 spiro atoms. The Morgan fingerprint density at radius 3 is 2.67 bits per heavy atom. The molecule has 0 aliphatic heterocycles. The number of nitrogens with zero attached hydrogens (tertiary/aromatic N) is 1. The predicted octanol–water partition coefficient (Wildman–Crippen LogP) is 0.394. The van der Waals surface area contributed by atoms with Crippen LogP contribution in [0.5, 0.6) is 0 Å². The van der Waals surface area contributed by atoms with Gasteiger partial charge in [0.1, 0.15) is 0 Å². The molecule has 0 aromatic carbocycles. The molecule has 0 atom stereocenters. The Hall–Kier alpha value is -0.220. The fraction of sp³-hybridized carbons (Fsp3) is 0.800. The van der Waals surface area contributed by atoms with Gasteiger partial charge < -0.3 is 10.0 Å². The number of carbonyl (C=O) groups excluding carboxylic acids is 1. The molecule has 0 saturated heterocycles. The van der Waals surface area contributed by atoms with E-state index < -0.39 is 0 Å². The number of carbonyl (C=O) groups is 1. The summed E-state index contributed by atoms with van der Waals surface area (Å²) < 4.78 is 0. The zero-order chi connectivity index (χ0) is 7.28. The number of likely N-dealkylation sites (N-methyl/N-ethyl adjacent to an activating group) is 1. The monoisotopic (exact) mass is 149 g/mol. The first-order chi connectivity index (χ1) is 4.22. The van der Waals surface area contributed by atoms with Gasteiger partial charge in [-0.1, -0.05) is 11.8 Å². The normalized spacial score (nSPS) is 9.22. The van der Waals surface area contributed by atoms with Gasteiger partial charge in [-0.05, 0) is 6.26 Å². The summed E-state index contributed by atoms with van der Waals surface area (Å²) in [4.78, 5) is 12.2. The van der Waals surface area contributed by atoms with Crippen molar-refractivity contribution in [3.63, 3.8) is 0 Å². The molecule has 0 heterocycles. The first kappa shape index (κ1) is 8.78. The Morgan fingerprint density at radius 2 is 2.33 bits per heavy atom. The van der Waals surface area contributed by atoms with Crippen molar-refractivity contribution in [1.82, 2.24) is 4.90 Å². The summed E-state index contributed by atoms with van der Waals surface area (Å²) in [6, 6.07) is 0. The average Bonchev–Trinajstić information content (AvgIpc) is 1.87. The maximum absolute atomic E-state index is 10.7. The number of aliphatic hydroxyl groups excluding tert-OH is 1. The van der Waals surface area contributed by atoms with Gasteiger partial charge in [0.05, 0.1) is 6.61 Å². The zero-order valence-electron chi connectivity index (χ0n) is 5.63. The summed E-state index contributed by atoms with van der Waals surface area (Å²) in [7, 11) is 1.66. The number of aliphatic hydroxyl groups is 1. The van der Waals surface area contributed by atoms with E-state index in [1.165, 1.54) is 4.90 Å². The fourth-order valence-corrected chi connectivity index (χ4v) is 0.800. The van der Waals surface area contributed by atoms with E-state index in [4.69, 9.17) is 5.11 Å². The molecule has 0 unspecified atom stereocenters. The summed E-state index contributed by atoms with van der Waals surface area (Å²) >= 11 is 1.15. The van der Waals surface area contributed by atoms with E-state index >= 15 is 0 Å². The van der Waals surface area contributed by atoms with Gasteiger partial charge in [0.15, 0.2) is 0 Å². The average molecular weight is 149 g/mol. The third-order valence-corrected chi connectivity index (χ3v) is 1.58. The fourth-order valence-electron chi connectivity index (χ4n) is 0.397. The Kier molecular flexibility index (Phi) is 4.53. The molecule has 4 heteroatoms. The van der Waals surface area contributed by atoms with Crippen LogP contribution in [0.15, 0.2) is 0 Å². The molecular weight excluding hydrogens is 138 g/mol. The van der Waals surface area contributed by atoms with Crippen LogP contribution in [0, 0.1) is 0 Å². The van der Waals surface area contributed by atoms with Gasteiger partial charge in [-0.3, -0.25) is 4.79 Å². The summed E-state index contributed by atoms with van der Waals surface area (Å²) in [6.45, 7) is 0.447. The zero-order valence-corrected chi connectivity index (χ0v) is 6.44. The highest BCUT2D eigenvalue weighted by molar-refractivity contribution is 8.12.